The molecule has 0 atom stereocenters. The molecule has 1 fully saturated rings. The van der Waals surface area contributed by atoms with Crippen LogP contribution in [0.5, 0.6) is 5.75 Å². The molecule has 0 bridgehead atoms. The summed E-state index contributed by atoms with van der Waals surface area (Å²) in [6, 6.07) is 6.37. The highest BCUT2D eigenvalue weighted by Crippen LogP contribution is 2.38. The Labute approximate surface area is 98.2 Å². The molecule has 1 aromatic carbocycles. The second-order valence-corrected chi connectivity index (χ2v) is 5.06. The molecule has 0 spiro atoms. The Kier molecular flexibility index (Phi) is 3.08. The third kappa shape index (κ3) is 2.31. The highest BCUT2D eigenvalue weighted by atomic mass is 16.5. The molecule has 0 saturated heterocycles. The molecule has 0 aliphatic heterocycles. The van der Waals surface area contributed by atoms with Crippen molar-refractivity contribution in [1.29, 1.82) is 0 Å². The van der Waals surface area contributed by atoms with Gasteiger partial charge in [-0.3, -0.25) is 0 Å². The lowest BCUT2D eigenvalue weighted by atomic mass is 10.00. The van der Waals surface area contributed by atoms with E-state index in [4.69, 9.17) is 4.74 Å². The van der Waals surface area contributed by atoms with Crippen LogP contribution in [0.4, 0.5) is 5.69 Å². The van der Waals surface area contributed by atoms with Crippen LogP contribution >= 0.6 is 0 Å². The summed E-state index contributed by atoms with van der Waals surface area (Å²) in [4.78, 5) is 2.16. The zero-order valence-electron chi connectivity index (χ0n) is 10.7. The van der Waals surface area contributed by atoms with Gasteiger partial charge in [0.1, 0.15) is 5.75 Å². The van der Waals surface area contributed by atoms with Crippen LogP contribution < -0.4 is 9.64 Å². The summed E-state index contributed by atoms with van der Waals surface area (Å²) in [5.74, 6) is 1.57. The maximum atomic E-state index is 5.97. The van der Waals surface area contributed by atoms with E-state index in [1.165, 1.54) is 24.1 Å². The van der Waals surface area contributed by atoms with Gasteiger partial charge in [-0.05, 0) is 30.4 Å². The maximum Gasteiger partial charge on any atom is 0.143 e. The van der Waals surface area contributed by atoms with Gasteiger partial charge in [0.25, 0.3) is 0 Å². The Morgan fingerprint density at radius 1 is 1.25 bits per heavy atom. The van der Waals surface area contributed by atoms with E-state index in [-0.39, 0.29) is 0 Å². The number of hydrogen-bond donors (Lipinski definition) is 0. The molecule has 0 amide bonds. The van der Waals surface area contributed by atoms with Gasteiger partial charge in [0.15, 0.2) is 0 Å². The number of hydrogen-bond acceptors (Lipinski definition) is 2. The molecule has 0 unspecified atom stereocenters. The van der Waals surface area contributed by atoms with Crippen molar-refractivity contribution in [3.8, 4) is 5.75 Å². The summed E-state index contributed by atoms with van der Waals surface area (Å²) in [5, 5.41) is 0. The number of benzene rings is 1. The Bertz CT molecular complexity index is 367. The summed E-state index contributed by atoms with van der Waals surface area (Å²) in [7, 11) is 4.17. The van der Waals surface area contributed by atoms with Crippen LogP contribution in [0.2, 0.25) is 0 Å². The second-order valence-electron chi connectivity index (χ2n) is 5.06. The number of para-hydroxylation sites is 1. The minimum Gasteiger partial charge on any atom is -0.488 e. The van der Waals surface area contributed by atoms with Crippen LogP contribution in [0, 0.1) is 0 Å². The summed E-state index contributed by atoms with van der Waals surface area (Å²) < 4.78 is 5.97. The lowest BCUT2D eigenvalue weighted by Crippen LogP contribution is -2.14. The van der Waals surface area contributed by atoms with Crippen LogP contribution in [-0.4, -0.2) is 20.2 Å². The van der Waals surface area contributed by atoms with Crippen LogP contribution in [0.3, 0.4) is 0 Å². The molecular weight excluding hydrogens is 198 g/mol. The largest absolute Gasteiger partial charge is 0.488 e. The van der Waals surface area contributed by atoms with E-state index in [9.17, 15) is 0 Å². The van der Waals surface area contributed by atoms with E-state index in [0.29, 0.717) is 12.0 Å². The van der Waals surface area contributed by atoms with E-state index in [0.717, 1.165) is 5.75 Å². The third-order valence-electron chi connectivity index (χ3n) is 2.92. The molecule has 2 heteroatoms. The number of anilines is 1. The molecule has 0 heterocycles. The Morgan fingerprint density at radius 2 is 1.94 bits per heavy atom. The van der Waals surface area contributed by atoms with Crippen LogP contribution in [0.25, 0.3) is 0 Å². The number of rotatable bonds is 4. The molecule has 16 heavy (non-hydrogen) atoms. The van der Waals surface area contributed by atoms with Crippen molar-refractivity contribution in [2.45, 2.75) is 38.7 Å². The SMILES string of the molecule is CC(C)c1cccc(OC2CC2)c1N(C)C. The molecule has 2 nitrogen and oxygen atoms in total. The van der Waals surface area contributed by atoms with Gasteiger partial charge < -0.3 is 9.64 Å². The quantitative estimate of drug-likeness (QED) is 0.769. The van der Waals surface area contributed by atoms with Crippen molar-refractivity contribution in [1.82, 2.24) is 0 Å². The number of ether oxygens (including phenoxy) is 1. The first kappa shape index (κ1) is 11.3. The molecule has 0 aromatic heterocycles. The Hall–Kier alpha value is -1.18. The first-order valence-corrected chi connectivity index (χ1v) is 6.06. The molecule has 88 valence electrons. The standard InChI is InChI=1S/C14H21NO/c1-10(2)12-6-5-7-13(14(12)15(3)4)16-11-8-9-11/h5-7,10-11H,8-9H2,1-4H3. The lowest BCUT2D eigenvalue weighted by molar-refractivity contribution is 0.303. The normalized spacial score (nSPS) is 15.3. The predicted molar refractivity (Wildman–Crippen MR) is 68.5 cm³/mol. The van der Waals surface area contributed by atoms with Crippen LogP contribution in [0.1, 0.15) is 38.2 Å². The third-order valence-corrected chi connectivity index (χ3v) is 2.92. The predicted octanol–water partition coefficient (Wildman–Crippen LogP) is 3.42. The Balaban J connectivity index is 2.37. The second kappa shape index (κ2) is 4.36. The molecule has 1 aliphatic carbocycles. The van der Waals surface area contributed by atoms with Crippen molar-refractivity contribution in [2.24, 2.45) is 0 Å². The molecule has 1 aliphatic rings. The van der Waals surface area contributed by atoms with Gasteiger partial charge in [-0.1, -0.05) is 26.0 Å². The minimum absolute atomic E-state index is 0.459. The van der Waals surface area contributed by atoms with E-state index in [1.54, 1.807) is 0 Å². The van der Waals surface area contributed by atoms with E-state index < -0.39 is 0 Å². The molecule has 0 N–H and O–H groups in total. The van der Waals surface area contributed by atoms with Crippen molar-refractivity contribution in [3.05, 3.63) is 23.8 Å². The average Bonchev–Trinajstić information content (AvgIpc) is 3.00. The van der Waals surface area contributed by atoms with Crippen LogP contribution in [0.15, 0.2) is 18.2 Å². The molecule has 1 saturated carbocycles. The van der Waals surface area contributed by atoms with Crippen molar-refractivity contribution in [3.63, 3.8) is 0 Å². The summed E-state index contributed by atoms with van der Waals surface area (Å²) in [6.45, 7) is 4.45. The van der Waals surface area contributed by atoms with E-state index in [1.807, 2.05) is 0 Å². The average molecular weight is 219 g/mol. The first-order chi connectivity index (χ1) is 7.59. The highest BCUT2D eigenvalue weighted by Gasteiger charge is 2.25. The Morgan fingerprint density at radius 3 is 2.44 bits per heavy atom. The van der Waals surface area contributed by atoms with Gasteiger partial charge in [-0.2, -0.15) is 0 Å². The van der Waals surface area contributed by atoms with Crippen molar-refractivity contribution < 1.29 is 4.74 Å². The smallest absolute Gasteiger partial charge is 0.143 e. The zero-order chi connectivity index (χ0) is 11.7. The van der Waals surface area contributed by atoms with Gasteiger partial charge in [-0.25, -0.2) is 0 Å². The van der Waals surface area contributed by atoms with Gasteiger partial charge in [0.05, 0.1) is 11.8 Å². The molecule has 1 aromatic rings. The van der Waals surface area contributed by atoms with Gasteiger partial charge in [-0.15, -0.1) is 0 Å². The first-order valence-electron chi connectivity index (χ1n) is 6.06. The van der Waals surface area contributed by atoms with Crippen molar-refractivity contribution >= 4 is 5.69 Å². The van der Waals surface area contributed by atoms with Gasteiger partial charge in [0.2, 0.25) is 0 Å². The van der Waals surface area contributed by atoms with Gasteiger partial charge in [0, 0.05) is 14.1 Å². The van der Waals surface area contributed by atoms with Crippen LogP contribution in [-0.2, 0) is 0 Å². The molecule has 2 rings (SSSR count). The fourth-order valence-corrected chi connectivity index (χ4v) is 1.94. The fraction of sp³-hybridized carbons (Fsp3) is 0.571. The van der Waals surface area contributed by atoms with E-state index >= 15 is 0 Å². The topological polar surface area (TPSA) is 12.5 Å². The molecule has 0 radical (unpaired) electrons. The zero-order valence-corrected chi connectivity index (χ0v) is 10.7. The summed E-state index contributed by atoms with van der Waals surface area (Å²) in [5.41, 5.74) is 2.60. The van der Waals surface area contributed by atoms with Gasteiger partial charge >= 0.3 is 0 Å². The van der Waals surface area contributed by atoms with Crippen molar-refractivity contribution in [2.75, 3.05) is 19.0 Å². The molecular formula is C14H21NO. The fourth-order valence-electron chi connectivity index (χ4n) is 1.94. The number of nitrogens with zero attached hydrogens (tertiary/aromatic N) is 1. The highest BCUT2D eigenvalue weighted by molar-refractivity contribution is 5.64. The summed E-state index contributed by atoms with van der Waals surface area (Å²) in [6.07, 6.45) is 2.87. The lowest BCUT2D eigenvalue weighted by Gasteiger charge is -2.23. The van der Waals surface area contributed by atoms with E-state index in [2.05, 4.69) is 51.0 Å². The maximum absolute atomic E-state index is 5.97. The monoisotopic (exact) mass is 219 g/mol. The summed E-state index contributed by atoms with van der Waals surface area (Å²) >= 11 is 0. The minimum atomic E-state index is 0.459.